The van der Waals surface area contributed by atoms with Crippen LogP contribution in [0.4, 0.5) is 0 Å². The van der Waals surface area contributed by atoms with E-state index in [1.165, 1.54) is 0 Å². The minimum Gasteiger partial charge on any atom is -0.322 e. The van der Waals surface area contributed by atoms with Crippen LogP contribution in [-0.2, 0) is 0 Å². The van der Waals surface area contributed by atoms with E-state index in [-0.39, 0.29) is 0 Å². The first-order valence-electron chi connectivity index (χ1n) is 3.77. The summed E-state index contributed by atoms with van der Waals surface area (Å²) >= 11 is 6.92. The van der Waals surface area contributed by atoms with Crippen LogP contribution in [0.2, 0.25) is 0 Å². The van der Waals surface area contributed by atoms with Gasteiger partial charge in [-0.1, -0.05) is 15.9 Å². The molecule has 0 saturated heterocycles. The van der Waals surface area contributed by atoms with Crippen molar-refractivity contribution < 1.29 is 0 Å². The van der Waals surface area contributed by atoms with Crippen molar-refractivity contribution in [2.75, 3.05) is 0 Å². The molecule has 1 aromatic carbocycles. The van der Waals surface area contributed by atoms with Crippen molar-refractivity contribution in [3.05, 3.63) is 51.7 Å². The van der Waals surface area contributed by atoms with Crippen LogP contribution in [0, 0.1) is 6.07 Å². The van der Waals surface area contributed by atoms with Gasteiger partial charge in [0.2, 0.25) is 0 Å². The molecule has 1 aromatic heterocycles. The second-order valence-corrected chi connectivity index (χ2v) is 4.38. The lowest BCUT2D eigenvalue weighted by atomic mass is 10.3. The molecule has 1 nitrogen and oxygen atoms in total. The van der Waals surface area contributed by atoms with Gasteiger partial charge in [0.15, 0.2) is 0 Å². The SMILES string of the molecule is Brc1ccc(-n2c[c]cc2)c(Br)c1. The molecule has 1 heterocycles. The third-order valence-electron chi connectivity index (χ3n) is 1.73. The van der Waals surface area contributed by atoms with E-state index in [2.05, 4.69) is 37.9 Å². The number of benzene rings is 1. The molecule has 1 radical (unpaired) electrons. The van der Waals surface area contributed by atoms with E-state index in [1.807, 2.05) is 41.2 Å². The summed E-state index contributed by atoms with van der Waals surface area (Å²) in [5.41, 5.74) is 1.12. The van der Waals surface area contributed by atoms with Crippen LogP contribution < -0.4 is 0 Å². The van der Waals surface area contributed by atoms with Crippen molar-refractivity contribution in [1.82, 2.24) is 4.57 Å². The quantitative estimate of drug-likeness (QED) is 0.755. The Labute approximate surface area is 93.6 Å². The number of halogens is 2. The number of hydrogen-bond donors (Lipinski definition) is 0. The molecule has 0 bridgehead atoms. The van der Waals surface area contributed by atoms with Crippen molar-refractivity contribution in [3.8, 4) is 5.69 Å². The van der Waals surface area contributed by atoms with E-state index in [9.17, 15) is 0 Å². The van der Waals surface area contributed by atoms with Crippen molar-refractivity contribution in [3.63, 3.8) is 0 Å². The molecule has 2 aromatic rings. The molecular formula is C10H6Br2N. The molecule has 0 spiro atoms. The summed E-state index contributed by atoms with van der Waals surface area (Å²) in [5.74, 6) is 0. The Morgan fingerprint density at radius 3 is 2.69 bits per heavy atom. The van der Waals surface area contributed by atoms with E-state index < -0.39 is 0 Å². The fourth-order valence-corrected chi connectivity index (χ4v) is 2.38. The molecule has 0 saturated carbocycles. The van der Waals surface area contributed by atoms with Crippen molar-refractivity contribution >= 4 is 31.9 Å². The number of nitrogens with zero attached hydrogens (tertiary/aromatic N) is 1. The molecule has 65 valence electrons. The Morgan fingerprint density at radius 1 is 1.23 bits per heavy atom. The van der Waals surface area contributed by atoms with E-state index in [4.69, 9.17) is 0 Å². The predicted octanol–water partition coefficient (Wildman–Crippen LogP) is 3.80. The summed E-state index contributed by atoms with van der Waals surface area (Å²) in [6, 6.07) is 11.0. The van der Waals surface area contributed by atoms with Crippen LogP contribution >= 0.6 is 31.9 Å². The van der Waals surface area contributed by atoms with Gasteiger partial charge in [-0.25, -0.2) is 0 Å². The average Bonchev–Trinajstić information content (AvgIpc) is 2.56. The minimum absolute atomic E-state index is 1.06. The summed E-state index contributed by atoms with van der Waals surface area (Å²) in [6.45, 7) is 0. The molecule has 0 aliphatic carbocycles. The van der Waals surface area contributed by atoms with Gasteiger partial charge in [0, 0.05) is 27.4 Å². The van der Waals surface area contributed by atoms with Gasteiger partial charge in [0.1, 0.15) is 0 Å². The Kier molecular flexibility index (Phi) is 2.56. The molecule has 2 rings (SSSR count). The van der Waals surface area contributed by atoms with Gasteiger partial charge in [-0.05, 0) is 40.2 Å². The van der Waals surface area contributed by atoms with Gasteiger partial charge in [-0.2, -0.15) is 0 Å². The maximum absolute atomic E-state index is 3.50. The highest BCUT2D eigenvalue weighted by atomic mass is 79.9. The first-order chi connectivity index (χ1) is 6.27. The lowest BCUT2D eigenvalue weighted by Gasteiger charge is -2.05. The second-order valence-electron chi connectivity index (χ2n) is 2.61. The van der Waals surface area contributed by atoms with Gasteiger partial charge in [0.05, 0.1) is 5.69 Å². The maximum atomic E-state index is 3.50. The van der Waals surface area contributed by atoms with Crippen LogP contribution in [0.3, 0.4) is 0 Å². The summed E-state index contributed by atoms with van der Waals surface area (Å²) in [4.78, 5) is 0. The van der Waals surface area contributed by atoms with Gasteiger partial charge in [-0.15, -0.1) is 0 Å². The average molecular weight is 300 g/mol. The first-order valence-corrected chi connectivity index (χ1v) is 5.35. The molecule has 0 atom stereocenters. The lowest BCUT2D eigenvalue weighted by molar-refractivity contribution is 1.07. The summed E-state index contributed by atoms with van der Waals surface area (Å²) in [5, 5.41) is 0. The Hall–Kier alpha value is -0.540. The third kappa shape index (κ3) is 1.86. The monoisotopic (exact) mass is 298 g/mol. The molecule has 3 heteroatoms. The van der Waals surface area contributed by atoms with Gasteiger partial charge in [0.25, 0.3) is 0 Å². The zero-order valence-corrected chi connectivity index (χ0v) is 9.84. The predicted molar refractivity (Wildman–Crippen MR) is 60.0 cm³/mol. The Balaban J connectivity index is 2.53. The van der Waals surface area contributed by atoms with Crippen LogP contribution in [0.15, 0.2) is 45.6 Å². The van der Waals surface area contributed by atoms with E-state index >= 15 is 0 Å². The van der Waals surface area contributed by atoms with E-state index in [0.717, 1.165) is 14.6 Å². The smallest absolute Gasteiger partial charge is 0.0592 e. The van der Waals surface area contributed by atoms with Gasteiger partial charge >= 0.3 is 0 Å². The maximum Gasteiger partial charge on any atom is 0.0592 e. The summed E-state index contributed by atoms with van der Waals surface area (Å²) in [6.07, 6.45) is 3.86. The minimum atomic E-state index is 1.06. The molecule has 0 aliphatic heterocycles. The van der Waals surface area contributed by atoms with Crippen LogP contribution in [-0.4, -0.2) is 4.57 Å². The highest BCUT2D eigenvalue weighted by molar-refractivity contribution is 9.11. The van der Waals surface area contributed by atoms with Crippen molar-refractivity contribution in [1.29, 1.82) is 0 Å². The molecule has 0 unspecified atom stereocenters. The zero-order chi connectivity index (χ0) is 9.26. The lowest BCUT2D eigenvalue weighted by Crippen LogP contribution is -1.90. The van der Waals surface area contributed by atoms with Crippen LogP contribution in [0.25, 0.3) is 5.69 Å². The molecule has 13 heavy (non-hydrogen) atoms. The fraction of sp³-hybridized carbons (Fsp3) is 0. The standard InChI is InChI=1S/C10H6Br2N/c11-8-3-4-10(9(12)7-8)13-5-1-2-6-13/h1,3-7H. The van der Waals surface area contributed by atoms with Crippen molar-refractivity contribution in [2.45, 2.75) is 0 Å². The molecular weight excluding hydrogens is 294 g/mol. The van der Waals surface area contributed by atoms with E-state index in [1.54, 1.807) is 0 Å². The molecule has 0 fully saturated rings. The highest BCUT2D eigenvalue weighted by Crippen LogP contribution is 2.24. The topological polar surface area (TPSA) is 4.93 Å². The first kappa shape index (κ1) is 9.03. The number of rotatable bonds is 1. The summed E-state index contributed by atoms with van der Waals surface area (Å²) in [7, 11) is 0. The van der Waals surface area contributed by atoms with E-state index in [0.29, 0.717) is 0 Å². The Morgan fingerprint density at radius 2 is 2.08 bits per heavy atom. The Bertz CT molecular complexity index is 407. The number of aromatic nitrogens is 1. The van der Waals surface area contributed by atoms with Crippen molar-refractivity contribution in [2.24, 2.45) is 0 Å². The second kappa shape index (κ2) is 3.68. The number of hydrogen-bond acceptors (Lipinski definition) is 0. The van der Waals surface area contributed by atoms with Gasteiger partial charge < -0.3 is 4.57 Å². The normalized spacial score (nSPS) is 10.3. The third-order valence-corrected chi connectivity index (χ3v) is 2.86. The van der Waals surface area contributed by atoms with Crippen LogP contribution in [0.5, 0.6) is 0 Å². The fourth-order valence-electron chi connectivity index (χ4n) is 1.13. The zero-order valence-electron chi connectivity index (χ0n) is 6.67. The largest absolute Gasteiger partial charge is 0.322 e. The summed E-state index contributed by atoms with van der Waals surface area (Å²) < 4.78 is 4.14. The van der Waals surface area contributed by atoms with Crippen LogP contribution in [0.1, 0.15) is 0 Å². The molecule has 0 amide bonds. The highest BCUT2D eigenvalue weighted by Gasteiger charge is 2.00. The van der Waals surface area contributed by atoms with Gasteiger partial charge in [-0.3, -0.25) is 0 Å². The molecule has 0 N–H and O–H groups in total. The molecule has 0 aliphatic rings.